The maximum atomic E-state index is 12.0. The van der Waals surface area contributed by atoms with E-state index in [0.717, 1.165) is 0 Å². The molecule has 0 spiro atoms. The second-order valence-corrected chi connectivity index (χ2v) is 5.82. The van der Waals surface area contributed by atoms with Crippen LogP contribution >= 0.6 is 23.2 Å². The van der Waals surface area contributed by atoms with Crippen molar-refractivity contribution in [3.63, 3.8) is 0 Å². The van der Waals surface area contributed by atoms with Crippen LogP contribution in [0.4, 0.5) is 5.69 Å². The fourth-order valence-electron chi connectivity index (χ4n) is 1.85. The standard InChI is InChI=1S/C17H15Cl2N3O2/c1-11(21-22-17(24)12-5-3-2-4-6-12)9-16(23)20-13-7-8-14(18)15(19)10-13/h2-8,10H,9H2,1H3,(H,20,23)(H,22,24)/b21-11+. The van der Waals surface area contributed by atoms with Crippen molar-refractivity contribution in [2.75, 3.05) is 5.32 Å². The molecule has 2 N–H and O–H groups in total. The van der Waals surface area contributed by atoms with Gasteiger partial charge in [0, 0.05) is 17.0 Å². The number of rotatable bonds is 5. The second kappa shape index (κ2) is 8.47. The van der Waals surface area contributed by atoms with Gasteiger partial charge in [-0.25, -0.2) is 5.43 Å². The molecule has 0 atom stereocenters. The zero-order chi connectivity index (χ0) is 17.5. The Kier molecular flexibility index (Phi) is 6.35. The molecular formula is C17H15Cl2N3O2. The molecule has 0 radical (unpaired) electrons. The van der Waals surface area contributed by atoms with Gasteiger partial charge >= 0.3 is 0 Å². The van der Waals surface area contributed by atoms with E-state index in [-0.39, 0.29) is 18.2 Å². The summed E-state index contributed by atoms with van der Waals surface area (Å²) in [4.78, 5) is 23.8. The summed E-state index contributed by atoms with van der Waals surface area (Å²) in [5.41, 5.74) is 3.92. The summed E-state index contributed by atoms with van der Waals surface area (Å²) in [6.45, 7) is 1.65. The minimum absolute atomic E-state index is 0.0370. The number of benzene rings is 2. The lowest BCUT2D eigenvalue weighted by Crippen LogP contribution is -2.21. The van der Waals surface area contributed by atoms with Gasteiger partial charge in [0.2, 0.25) is 5.91 Å². The van der Waals surface area contributed by atoms with Gasteiger partial charge in [-0.3, -0.25) is 9.59 Å². The maximum absolute atomic E-state index is 12.0. The summed E-state index contributed by atoms with van der Waals surface area (Å²) in [6.07, 6.45) is 0.0370. The van der Waals surface area contributed by atoms with Gasteiger partial charge in [-0.05, 0) is 37.3 Å². The largest absolute Gasteiger partial charge is 0.326 e. The lowest BCUT2D eigenvalue weighted by molar-refractivity contribution is -0.115. The number of nitrogens with zero attached hydrogens (tertiary/aromatic N) is 1. The normalized spacial score (nSPS) is 11.0. The summed E-state index contributed by atoms with van der Waals surface area (Å²) < 4.78 is 0. The highest BCUT2D eigenvalue weighted by Crippen LogP contribution is 2.25. The number of hydrogen-bond acceptors (Lipinski definition) is 3. The molecule has 0 saturated heterocycles. The van der Waals surface area contributed by atoms with E-state index in [0.29, 0.717) is 27.0 Å². The molecule has 0 unspecified atom stereocenters. The smallest absolute Gasteiger partial charge is 0.271 e. The number of carbonyl (C=O) groups is 2. The molecule has 7 heteroatoms. The van der Waals surface area contributed by atoms with Crippen molar-refractivity contribution in [2.45, 2.75) is 13.3 Å². The van der Waals surface area contributed by atoms with E-state index >= 15 is 0 Å². The van der Waals surface area contributed by atoms with Crippen molar-refractivity contribution < 1.29 is 9.59 Å². The highest BCUT2D eigenvalue weighted by atomic mass is 35.5. The summed E-state index contributed by atoms with van der Waals surface area (Å²) in [6, 6.07) is 13.5. The Balaban J connectivity index is 1.88. The first-order chi connectivity index (χ1) is 11.5. The number of anilines is 1. The fraction of sp³-hybridized carbons (Fsp3) is 0.118. The van der Waals surface area contributed by atoms with Gasteiger partial charge in [0.15, 0.2) is 0 Å². The predicted molar refractivity (Wildman–Crippen MR) is 96.7 cm³/mol. The molecular weight excluding hydrogens is 349 g/mol. The first-order valence-electron chi connectivity index (χ1n) is 7.09. The van der Waals surface area contributed by atoms with Crippen LogP contribution in [0.2, 0.25) is 10.0 Å². The molecule has 5 nitrogen and oxygen atoms in total. The van der Waals surface area contributed by atoms with Crippen molar-refractivity contribution in [2.24, 2.45) is 5.10 Å². The van der Waals surface area contributed by atoms with E-state index in [2.05, 4.69) is 15.8 Å². The van der Waals surface area contributed by atoms with Crippen molar-refractivity contribution >= 4 is 46.4 Å². The van der Waals surface area contributed by atoms with Crippen molar-refractivity contribution in [1.29, 1.82) is 0 Å². The van der Waals surface area contributed by atoms with E-state index in [1.54, 1.807) is 49.4 Å². The predicted octanol–water partition coefficient (Wildman–Crippen LogP) is 4.13. The maximum Gasteiger partial charge on any atom is 0.271 e. The van der Waals surface area contributed by atoms with E-state index in [4.69, 9.17) is 23.2 Å². The highest BCUT2D eigenvalue weighted by molar-refractivity contribution is 6.42. The second-order valence-electron chi connectivity index (χ2n) is 5.01. The average Bonchev–Trinajstić information content (AvgIpc) is 2.56. The number of amides is 2. The van der Waals surface area contributed by atoms with Crippen LogP contribution < -0.4 is 10.7 Å². The number of halogens is 2. The molecule has 0 aliphatic rings. The molecule has 0 aliphatic carbocycles. The highest BCUT2D eigenvalue weighted by Gasteiger charge is 2.08. The Hall–Kier alpha value is -2.37. The third-order valence-electron chi connectivity index (χ3n) is 3.00. The van der Waals surface area contributed by atoms with Crippen LogP contribution in [0.5, 0.6) is 0 Å². The molecule has 2 aromatic rings. The zero-order valence-corrected chi connectivity index (χ0v) is 14.4. The Morgan fingerprint density at radius 3 is 2.42 bits per heavy atom. The van der Waals surface area contributed by atoms with Gasteiger partial charge in [-0.2, -0.15) is 5.10 Å². The molecule has 2 rings (SSSR count). The van der Waals surface area contributed by atoms with E-state index in [9.17, 15) is 9.59 Å². The lowest BCUT2D eigenvalue weighted by Gasteiger charge is -2.06. The molecule has 0 bridgehead atoms. The number of nitrogens with one attached hydrogen (secondary N) is 2. The SMILES string of the molecule is C/C(CC(=O)Nc1ccc(Cl)c(Cl)c1)=N\NC(=O)c1ccccc1. The summed E-state index contributed by atoms with van der Waals surface area (Å²) in [5.74, 6) is -0.608. The molecule has 124 valence electrons. The van der Waals surface area contributed by atoms with Gasteiger partial charge in [-0.1, -0.05) is 41.4 Å². The van der Waals surface area contributed by atoms with Gasteiger partial charge in [0.05, 0.1) is 16.5 Å². The topological polar surface area (TPSA) is 70.6 Å². The van der Waals surface area contributed by atoms with Crippen LogP contribution in [-0.2, 0) is 4.79 Å². The van der Waals surface area contributed by atoms with Gasteiger partial charge in [-0.15, -0.1) is 0 Å². The van der Waals surface area contributed by atoms with Crippen molar-refractivity contribution in [3.8, 4) is 0 Å². The summed E-state index contributed by atoms with van der Waals surface area (Å²) >= 11 is 11.7. The summed E-state index contributed by atoms with van der Waals surface area (Å²) in [7, 11) is 0. The zero-order valence-electron chi connectivity index (χ0n) is 12.8. The van der Waals surface area contributed by atoms with Crippen LogP contribution in [0.1, 0.15) is 23.7 Å². The Labute approximate surface area is 149 Å². The van der Waals surface area contributed by atoms with E-state index in [1.807, 2.05) is 6.07 Å². The van der Waals surface area contributed by atoms with Crippen LogP contribution in [0, 0.1) is 0 Å². The quantitative estimate of drug-likeness (QED) is 0.619. The molecule has 2 amide bonds. The van der Waals surface area contributed by atoms with E-state index in [1.165, 1.54) is 0 Å². The number of hydrazone groups is 1. The summed E-state index contributed by atoms with van der Waals surface area (Å²) in [5, 5.41) is 7.38. The molecule has 0 fully saturated rings. The minimum Gasteiger partial charge on any atom is -0.326 e. The van der Waals surface area contributed by atoms with Gasteiger partial charge < -0.3 is 5.32 Å². The van der Waals surface area contributed by atoms with Gasteiger partial charge in [0.25, 0.3) is 5.91 Å². The monoisotopic (exact) mass is 363 g/mol. The van der Waals surface area contributed by atoms with Crippen LogP contribution in [0.15, 0.2) is 53.6 Å². The lowest BCUT2D eigenvalue weighted by atomic mass is 10.2. The molecule has 0 saturated carbocycles. The molecule has 24 heavy (non-hydrogen) atoms. The fourth-order valence-corrected chi connectivity index (χ4v) is 2.15. The Bertz CT molecular complexity index is 777. The van der Waals surface area contributed by atoms with Gasteiger partial charge in [0.1, 0.15) is 0 Å². The molecule has 0 aliphatic heterocycles. The Morgan fingerprint density at radius 1 is 1.04 bits per heavy atom. The first kappa shape index (κ1) is 18.0. The first-order valence-corrected chi connectivity index (χ1v) is 7.85. The molecule has 0 heterocycles. The van der Waals surface area contributed by atoms with E-state index < -0.39 is 0 Å². The molecule has 0 aromatic heterocycles. The van der Waals surface area contributed by atoms with Crippen LogP contribution in [-0.4, -0.2) is 17.5 Å². The Morgan fingerprint density at radius 2 is 1.75 bits per heavy atom. The molecule has 2 aromatic carbocycles. The van der Waals surface area contributed by atoms with Crippen LogP contribution in [0.25, 0.3) is 0 Å². The minimum atomic E-state index is -0.333. The number of carbonyl (C=O) groups excluding carboxylic acids is 2. The average molecular weight is 364 g/mol. The van der Waals surface area contributed by atoms with Crippen molar-refractivity contribution in [1.82, 2.24) is 5.43 Å². The van der Waals surface area contributed by atoms with Crippen molar-refractivity contribution in [3.05, 3.63) is 64.1 Å². The van der Waals surface area contributed by atoms with Crippen LogP contribution in [0.3, 0.4) is 0 Å². The third-order valence-corrected chi connectivity index (χ3v) is 3.74. The number of hydrogen-bond donors (Lipinski definition) is 2. The third kappa shape index (κ3) is 5.37.